The molecule has 4 amide bonds. The van der Waals surface area contributed by atoms with Gasteiger partial charge in [0.15, 0.2) is 0 Å². The predicted octanol–water partition coefficient (Wildman–Crippen LogP) is 11.4. The summed E-state index contributed by atoms with van der Waals surface area (Å²) in [5.41, 5.74) is -5.21. The van der Waals surface area contributed by atoms with E-state index in [9.17, 15) is 62.3 Å². The van der Waals surface area contributed by atoms with Gasteiger partial charge in [0.05, 0.1) is 33.6 Å². The lowest BCUT2D eigenvalue weighted by molar-refractivity contribution is -0.144. The Balaban J connectivity index is 1.41. The van der Waals surface area contributed by atoms with Gasteiger partial charge < -0.3 is 21.3 Å². The fraction of sp³-hybridized carbons (Fsp3) is 0.235. The normalized spacial score (nSPS) is 12.5. The van der Waals surface area contributed by atoms with Gasteiger partial charge in [-0.3, -0.25) is 0 Å². The molecule has 4 aromatic rings. The SMILES string of the molecule is Cc1ccc(CNC(=O)Nc2cc(C(F)(F)F)cc(C(F)(F)F)c2)cc1N=Nc1cc(CNC(=O)Nc2cc(C(F)(F)F)cc(C(F)(F)F)c2)ccc1C. The summed E-state index contributed by atoms with van der Waals surface area (Å²) in [5.74, 6) is 0. The molecule has 0 bridgehead atoms. The number of hydrogen-bond acceptors (Lipinski definition) is 4. The van der Waals surface area contributed by atoms with Crippen LogP contribution in [0.2, 0.25) is 0 Å². The Morgan fingerprint density at radius 2 is 0.778 bits per heavy atom. The van der Waals surface area contributed by atoms with Crippen molar-refractivity contribution in [2.45, 2.75) is 51.6 Å². The van der Waals surface area contributed by atoms with Gasteiger partial charge in [-0.15, -0.1) is 0 Å². The van der Waals surface area contributed by atoms with Crippen molar-refractivity contribution in [3.05, 3.63) is 117 Å². The number of urea groups is 2. The van der Waals surface area contributed by atoms with E-state index in [-0.39, 0.29) is 25.2 Å². The summed E-state index contributed by atoms with van der Waals surface area (Å²) in [6.45, 7) is 2.91. The molecule has 0 aromatic heterocycles. The molecule has 54 heavy (non-hydrogen) atoms. The van der Waals surface area contributed by atoms with E-state index in [1.165, 1.54) is 12.1 Å². The van der Waals surface area contributed by atoms with Crippen molar-refractivity contribution >= 4 is 34.8 Å². The van der Waals surface area contributed by atoms with Crippen molar-refractivity contribution in [3.8, 4) is 0 Å². The summed E-state index contributed by atoms with van der Waals surface area (Å²) in [4.78, 5) is 24.8. The first-order valence-electron chi connectivity index (χ1n) is 15.2. The van der Waals surface area contributed by atoms with Crippen LogP contribution in [0.15, 0.2) is 83.0 Å². The van der Waals surface area contributed by atoms with Crippen LogP contribution in [0.4, 0.5) is 85.0 Å². The Morgan fingerprint density at radius 3 is 1.06 bits per heavy atom. The smallest absolute Gasteiger partial charge is 0.334 e. The first-order valence-corrected chi connectivity index (χ1v) is 15.2. The molecule has 0 aliphatic heterocycles. The predicted molar refractivity (Wildman–Crippen MR) is 171 cm³/mol. The highest BCUT2D eigenvalue weighted by Crippen LogP contribution is 2.39. The van der Waals surface area contributed by atoms with E-state index in [2.05, 4.69) is 20.9 Å². The zero-order valence-corrected chi connectivity index (χ0v) is 27.6. The minimum Gasteiger partial charge on any atom is -0.334 e. The molecule has 0 radical (unpaired) electrons. The Labute approximate surface area is 297 Å². The number of benzene rings is 4. The van der Waals surface area contributed by atoms with Gasteiger partial charge in [-0.1, -0.05) is 24.3 Å². The molecule has 0 aliphatic carbocycles. The van der Waals surface area contributed by atoms with Crippen LogP contribution in [0, 0.1) is 13.8 Å². The Kier molecular flexibility index (Phi) is 11.9. The summed E-state index contributed by atoms with van der Waals surface area (Å²) < 4.78 is 158. The van der Waals surface area contributed by atoms with Crippen LogP contribution >= 0.6 is 0 Å². The maximum atomic E-state index is 13.2. The van der Waals surface area contributed by atoms with Crippen molar-refractivity contribution in [1.29, 1.82) is 0 Å². The minimum absolute atomic E-state index is 0.0758. The fourth-order valence-electron chi connectivity index (χ4n) is 4.62. The second-order valence-corrected chi connectivity index (χ2v) is 11.6. The molecule has 0 heterocycles. The van der Waals surface area contributed by atoms with Crippen LogP contribution in [0.1, 0.15) is 44.5 Å². The number of carbonyl (C=O) groups excluding carboxylic acids is 2. The lowest BCUT2D eigenvalue weighted by Gasteiger charge is -2.15. The number of aryl methyl sites for hydroxylation is 2. The highest BCUT2D eigenvalue weighted by molar-refractivity contribution is 5.90. The number of halogens is 12. The topological polar surface area (TPSA) is 107 Å². The number of anilines is 2. The standard InChI is InChI=1S/C34H26F12N6O2/c1-17-3-5-19(15-47-29(53)49-25-11-21(31(35,36)37)9-22(12-25)32(38,39)40)7-27(17)51-52-28-8-20(6-4-18(28)2)16-48-30(54)50-26-13-23(33(41,42)43)10-24(14-26)34(44,45)46/h3-14H,15-16H2,1-2H3,(H2,47,49,53)(H2,48,50,54). The molecule has 0 saturated carbocycles. The van der Waals surface area contributed by atoms with Gasteiger partial charge in [0.2, 0.25) is 0 Å². The highest BCUT2D eigenvalue weighted by atomic mass is 19.4. The Morgan fingerprint density at radius 1 is 0.481 bits per heavy atom. The molecular formula is C34H26F12N6O2. The quantitative estimate of drug-likeness (QED) is 0.106. The number of hydrogen-bond donors (Lipinski definition) is 4. The molecule has 0 spiro atoms. The molecule has 288 valence electrons. The third kappa shape index (κ3) is 11.3. The van der Waals surface area contributed by atoms with Crippen LogP contribution in [0.5, 0.6) is 0 Å². The fourth-order valence-corrected chi connectivity index (χ4v) is 4.62. The van der Waals surface area contributed by atoms with Gasteiger partial charge in [-0.2, -0.15) is 62.9 Å². The number of carbonyl (C=O) groups is 2. The molecule has 4 N–H and O–H groups in total. The number of nitrogens with one attached hydrogen (secondary N) is 4. The van der Waals surface area contributed by atoms with Gasteiger partial charge in [-0.05, 0) is 84.6 Å². The maximum absolute atomic E-state index is 13.2. The van der Waals surface area contributed by atoms with Crippen LogP contribution in [0.25, 0.3) is 0 Å². The van der Waals surface area contributed by atoms with E-state index in [0.717, 1.165) is 0 Å². The largest absolute Gasteiger partial charge is 0.416 e. The minimum atomic E-state index is -5.11. The molecule has 4 aromatic carbocycles. The van der Waals surface area contributed by atoms with Gasteiger partial charge in [0.1, 0.15) is 0 Å². The van der Waals surface area contributed by atoms with E-state index >= 15 is 0 Å². The molecular weight excluding hydrogens is 752 g/mol. The third-order valence-electron chi connectivity index (χ3n) is 7.41. The van der Waals surface area contributed by atoms with Crippen LogP contribution in [-0.4, -0.2) is 12.1 Å². The summed E-state index contributed by atoms with van der Waals surface area (Å²) in [5, 5.41) is 17.0. The molecule has 0 aliphatic rings. The van der Waals surface area contributed by atoms with Crippen molar-refractivity contribution in [3.63, 3.8) is 0 Å². The number of azo groups is 1. The Hall–Kier alpha value is -5.82. The molecule has 8 nitrogen and oxygen atoms in total. The molecule has 0 unspecified atom stereocenters. The number of alkyl halides is 12. The average molecular weight is 779 g/mol. The van der Waals surface area contributed by atoms with Gasteiger partial charge in [0.25, 0.3) is 0 Å². The summed E-state index contributed by atoms with van der Waals surface area (Å²) in [7, 11) is 0. The van der Waals surface area contributed by atoms with Crippen molar-refractivity contribution in [1.82, 2.24) is 10.6 Å². The summed E-state index contributed by atoms with van der Waals surface area (Å²) >= 11 is 0. The van der Waals surface area contributed by atoms with E-state index in [1.807, 2.05) is 10.6 Å². The average Bonchev–Trinajstić information content (AvgIpc) is 3.05. The molecule has 4 rings (SSSR count). The number of rotatable bonds is 8. The van der Waals surface area contributed by atoms with Crippen LogP contribution < -0.4 is 21.3 Å². The monoisotopic (exact) mass is 778 g/mol. The zero-order valence-electron chi connectivity index (χ0n) is 27.6. The van der Waals surface area contributed by atoms with Gasteiger partial charge >= 0.3 is 36.8 Å². The summed E-state index contributed by atoms with van der Waals surface area (Å²) in [6, 6.07) is 8.48. The van der Waals surface area contributed by atoms with E-state index in [0.29, 0.717) is 57.9 Å². The lowest BCUT2D eigenvalue weighted by atomic mass is 10.1. The number of nitrogens with zero attached hydrogens (tertiary/aromatic N) is 2. The van der Waals surface area contributed by atoms with Crippen molar-refractivity contribution in [2.75, 3.05) is 10.6 Å². The number of amides is 4. The molecule has 0 fully saturated rings. The summed E-state index contributed by atoms with van der Waals surface area (Å²) in [6.07, 6.45) is -20.4. The van der Waals surface area contributed by atoms with Crippen molar-refractivity contribution < 1.29 is 62.3 Å². The third-order valence-corrected chi connectivity index (χ3v) is 7.41. The van der Waals surface area contributed by atoms with Gasteiger partial charge in [0, 0.05) is 24.5 Å². The molecule has 0 saturated heterocycles. The molecule has 20 heteroatoms. The van der Waals surface area contributed by atoms with Crippen LogP contribution in [-0.2, 0) is 37.8 Å². The van der Waals surface area contributed by atoms with E-state index in [4.69, 9.17) is 0 Å². The first-order chi connectivity index (χ1) is 24.9. The first kappa shape index (κ1) is 40.9. The van der Waals surface area contributed by atoms with E-state index in [1.54, 1.807) is 38.1 Å². The van der Waals surface area contributed by atoms with Crippen molar-refractivity contribution in [2.24, 2.45) is 10.2 Å². The zero-order chi connectivity index (χ0) is 40.2. The second kappa shape index (κ2) is 15.7. The van der Waals surface area contributed by atoms with E-state index < -0.39 is 70.4 Å². The van der Waals surface area contributed by atoms with Gasteiger partial charge in [-0.25, -0.2) is 9.59 Å². The molecule has 0 atom stereocenters. The maximum Gasteiger partial charge on any atom is 0.416 e. The highest BCUT2D eigenvalue weighted by Gasteiger charge is 2.38. The Bertz CT molecular complexity index is 1850. The lowest BCUT2D eigenvalue weighted by Crippen LogP contribution is -2.28. The van der Waals surface area contributed by atoms with Crippen LogP contribution in [0.3, 0.4) is 0 Å². The second-order valence-electron chi connectivity index (χ2n) is 11.6.